The van der Waals surface area contributed by atoms with E-state index in [9.17, 15) is 13.2 Å². The average molecular weight is 364 g/mol. The molecule has 0 bridgehead atoms. The zero-order chi connectivity index (χ0) is 17.7. The smallest absolute Gasteiger partial charge is 0.241 e. The van der Waals surface area contributed by atoms with Gasteiger partial charge in [-0.25, -0.2) is 8.42 Å². The Morgan fingerprint density at radius 3 is 2.42 bits per heavy atom. The van der Waals surface area contributed by atoms with Gasteiger partial charge in [0.05, 0.1) is 15.8 Å². The monoisotopic (exact) mass is 364 g/mol. The zero-order valence-electron chi connectivity index (χ0n) is 13.5. The van der Waals surface area contributed by atoms with Crippen LogP contribution in [0.5, 0.6) is 0 Å². The summed E-state index contributed by atoms with van der Waals surface area (Å²) in [5.74, 6) is -0.337. The highest BCUT2D eigenvalue weighted by atomic mass is 32.2. The van der Waals surface area contributed by atoms with Crippen molar-refractivity contribution in [1.29, 1.82) is 0 Å². The Hall–Kier alpha value is -1.83. The lowest BCUT2D eigenvalue weighted by atomic mass is 10.2. The summed E-state index contributed by atoms with van der Waals surface area (Å²) in [6.45, 7) is 1.81. The first kappa shape index (κ1) is 18.5. The summed E-state index contributed by atoms with van der Waals surface area (Å²) in [5, 5.41) is 2.64. The molecule has 0 spiro atoms. The number of rotatable bonds is 6. The second-order valence-corrected chi connectivity index (χ2v) is 8.04. The Morgan fingerprint density at radius 2 is 1.83 bits per heavy atom. The molecule has 2 rings (SSSR count). The summed E-state index contributed by atoms with van der Waals surface area (Å²) < 4.78 is 25.4. The van der Waals surface area contributed by atoms with E-state index >= 15 is 0 Å². The van der Waals surface area contributed by atoms with E-state index in [2.05, 4.69) is 5.32 Å². The van der Waals surface area contributed by atoms with Gasteiger partial charge in [0.25, 0.3) is 0 Å². The Labute approximate surface area is 146 Å². The summed E-state index contributed by atoms with van der Waals surface area (Å²) in [5.41, 5.74) is 6.08. The van der Waals surface area contributed by atoms with Crippen LogP contribution in [-0.2, 0) is 14.6 Å². The van der Waals surface area contributed by atoms with Crippen LogP contribution in [0.2, 0.25) is 0 Å². The van der Waals surface area contributed by atoms with Gasteiger partial charge >= 0.3 is 0 Å². The molecule has 0 aromatic heterocycles. The second-order valence-electron chi connectivity index (χ2n) is 5.21. The van der Waals surface area contributed by atoms with E-state index in [1.54, 1.807) is 48.2 Å². The summed E-state index contributed by atoms with van der Waals surface area (Å²) in [6, 6.07) is 12.3. The van der Waals surface area contributed by atoms with E-state index in [1.165, 1.54) is 12.1 Å². The third-order valence-electron chi connectivity index (χ3n) is 3.56. The number of nitrogens with two attached hydrogens (primary N) is 1. The van der Waals surface area contributed by atoms with E-state index in [0.29, 0.717) is 12.1 Å². The van der Waals surface area contributed by atoms with Crippen molar-refractivity contribution in [3.05, 3.63) is 48.5 Å². The lowest BCUT2D eigenvalue weighted by Crippen LogP contribution is -2.34. The van der Waals surface area contributed by atoms with Gasteiger partial charge in [-0.2, -0.15) is 0 Å². The van der Waals surface area contributed by atoms with Crippen molar-refractivity contribution < 1.29 is 13.2 Å². The van der Waals surface area contributed by atoms with Gasteiger partial charge in [0.2, 0.25) is 15.7 Å². The molecule has 2 aromatic carbocycles. The predicted octanol–water partition coefficient (Wildman–Crippen LogP) is 2.92. The predicted molar refractivity (Wildman–Crippen MR) is 97.0 cm³/mol. The second kappa shape index (κ2) is 7.83. The quantitative estimate of drug-likeness (QED) is 0.769. The lowest BCUT2D eigenvalue weighted by Gasteiger charge is -2.11. The minimum atomic E-state index is -3.64. The summed E-state index contributed by atoms with van der Waals surface area (Å²) in [6.07, 6.45) is 2.43. The Bertz CT molecular complexity index is 818. The number of hydrogen-bond donors (Lipinski definition) is 2. The number of thioether (sulfide) groups is 1. The molecular weight excluding hydrogens is 344 g/mol. The number of carbonyl (C=O) groups excluding carboxylic acids is 1. The van der Waals surface area contributed by atoms with Crippen LogP contribution >= 0.6 is 11.8 Å². The number of anilines is 1. The van der Waals surface area contributed by atoms with Crippen LogP contribution in [-0.4, -0.2) is 26.6 Å². The van der Waals surface area contributed by atoms with Crippen molar-refractivity contribution in [3.8, 4) is 0 Å². The standard InChI is InChI=1S/C17H20N2O3S2/c1-3-16(18)17(20)19-12-5-4-6-15(11-12)24(21,22)14-9-7-13(23-2)8-10-14/h4-11,16H,3,18H2,1-2H3,(H,19,20). The maximum atomic E-state index is 12.7. The molecule has 1 unspecified atom stereocenters. The van der Waals surface area contributed by atoms with Crippen molar-refractivity contribution in [2.24, 2.45) is 5.73 Å². The maximum absolute atomic E-state index is 12.7. The number of hydrogen-bond acceptors (Lipinski definition) is 5. The summed E-state index contributed by atoms with van der Waals surface area (Å²) >= 11 is 1.54. The first-order valence-electron chi connectivity index (χ1n) is 7.44. The van der Waals surface area contributed by atoms with E-state index in [4.69, 9.17) is 5.73 Å². The highest BCUT2D eigenvalue weighted by Crippen LogP contribution is 2.25. The molecule has 3 N–H and O–H groups in total. The molecule has 0 saturated heterocycles. The fourth-order valence-electron chi connectivity index (χ4n) is 2.05. The van der Waals surface area contributed by atoms with Crippen LogP contribution in [0.1, 0.15) is 13.3 Å². The highest BCUT2D eigenvalue weighted by Gasteiger charge is 2.19. The largest absolute Gasteiger partial charge is 0.325 e. The van der Waals surface area contributed by atoms with Crippen molar-refractivity contribution in [2.45, 2.75) is 34.1 Å². The first-order valence-corrected chi connectivity index (χ1v) is 10.1. The van der Waals surface area contributed by atoms with Gasteiger partial charge in [0.15, 0.2) is 0 Å². The Kier molecular flexibility index (Phi) is 6.04. The van der Waals surface area contributed by atoms with E-state index in [0.717, 1.165) is 4.90 Å². The highest BCUT2D eigenvalue weighted by molar-refractivity contribution is 7.98. The molecule has 0 radical (unpaired) electrons. The molecule has 0 aliphatic heterocycles. The molecule has 128 valence electrons. The van der Waals surface area contributed by atoms with Crippen molar-refractivity contribution in [2.75, 3.05) is 11.6 Å². The van der Waals surface area contributed by atoms with Crippen LogP contribution in [0.25, 0.3) is 0 Å². The van der Waals surface area contributed by atoms with Gasteiger partial charge in [0, 0.05) is 10.6 Å². The molecule has 1 amide bonds. The summed E-state index contributed by atoms with van der Waals surface area (Å²) in [4.78, 5) is 13.2. The number of carbonyl (C=O) groups is 1. The van der Waals surface area contributed by atoms with Crippen LogP contribution in [0.3, 0.4) is 0 Å². The third kappa shape index (κ3) is 4.17. The molecule has 2 aromatic rings. The van der Waals surface area contributed by atoms with E-state index in [-0.39, 0.29) is 15.7 Å². The van der Waals surface area contributed by atoms with E-state index in [1.807, 2.05) is 13.2 Å². The lowest BCUT2D eigenvalue weighted by molar-refractivity contribution is -0.117. The number of benzene rings is 2. The zero-order valence-corrected chi connectivity index (χ0v) is 15.2. The number of amides is 1. The molecule has 7 heteroatoms. The molecule has 0 fully saturated rings. The van der Waals surface area contributed by atoms with Gasteiger partial charge in [0.1, 0.15) is 0 Å². The molecule has 1 atom stereocenters. The SMILES string of the molecule is CCC(N)C(=O)Nc1cccc(S(=O)(=O)c2ccc(SC)cc2)c1. The minimum Gasteiger partial charge on any atom is -0.325 e. The maximum Gasteiger partial charge on any atom is 0.241 e. The molecule has 0 heterocycles. The van der Waals surface area contributed by atoms with Gasteiger partial charge < -0.3 is 11.1 Å². The van der Waals surface area contributed by atoms with Gasteiger partial charge in [-0.15, -0.1) is 11.8 Å². The topological polar surface area (TPSA) is 89.3 Å². The van der Waals surface area contributed by atoms with Gasteiger partial charge in [-0.3, -0.25) is 4.79 Å². The molecule has 5 nitrogen and oxygen atoms in total. The number of sulfone groups is 1. The summed E-state index contributed by atoms with van der Waals surface area (Å²) in [7, 11) is -3.64. The molecule has 0 aliphatic carbocycles. The average Bonchev–Trinajstić information content (AvgIpc) is 2.61. The van der Waals surface area contributed by atoms with Gasteiger partial charge in [-0.1, -0.05) is 13.0 Å². The van der Waals surface area contributed by atoms with Crippen LogP contribution < -0.4 is 11.1 Å². The molecule has 0 aliphatic rings. The van der Waals surface area contributed by atoms with Crippen LogP contribution in [0.15, 0.2) is 63.2 Å². The Morgan fingerprint density at radius 1 is 1.17 bits per heavy atom. The van der Waals surface area contributed by atoms with Crippen molar-refractivity contribution in [3.63, 3.8) is 0 Å². The Balaban J connectivity index is 2.30. The van der Waals surface area contributed by atoms with Crippen molar-refractivity contribution in [1.82, 2.24) is 0 Å². The normalized spacial score (nSPS) is 12.6. The van der Waals surface area contributed by atoms with Crippen LogP contribution in [0, 0.1) is 0 Å². The van der Waals surface area contributed by atoms with Gasteiger partial charge in [-0.05, 0) is 55.1 Å². The number of nitrogens with one attached hydrogen (secondary N) is 1. The fourth-order valence-corrected chi connectivity index (χ4v) is 3.77. The molecule has 0 saturated carbocycles. The van der Waals surface area contributed by atoms with Crippen molar-refractivity contribution >= 4 is 33.2 Å². The fraction of sp³-hybridized carbons (Fsp3) is 0.235. The first-order chi connectivity index (χ1) is 11.4. The molecular formula is C17H20N2O3S2. The third-order valence-corrected chi connectivity index (χ3v) is 6.07. The minimum absolute atomic E-state index is 0.127. The van der Waals surface area contributed by atoms with E-state index < -0.39 is 15.9 Å². The molecule has 24 heavy (non-hydrogen) atoms. The van der Waals surface area contributed by atoms with Crippen LogP contribution in [0.4, 0.5) is 5.69 Å².